The third kappa shape index (κ3) is 5.25. The van der Waals surface area contributed by atoms with Gasteiger partial charge < -0.3 is 21.1 Å². The summed E-state index contributed by atoms with van der Waals surface area (Å²) in [5, 5.41) is 19.6. The van der Waals surface area contributed by atoms with E-state index < -0.39 is 47.3 Å². The molecule has 3 fully saturated rings. The van der Waals surface area contributed by atoms with Gasteiger partial charge in [-0.2, -0.15) is 5.26 Å². The number of rotatable bonds is 4. The highest BCUT2D eigenvalue weighted by Crippen LogP contribution is 2.65. The second-order valence-corrected chi connectivity index (χ2v) is 8.00. The topological polar surface area (TPSA) is 119 Å². The largest absolute Gasteiger partial charge is 0.465 e. The molecule has 2 aliphatic carbocycles. The Hall–Kier alpha value is -2.09. The van der Waals surface area contributed by atoms with Crippen molar-refractivity contribution < 1.29 is 32.3 Å². The summed E-state index contributed by atoms with van der Waals surface area (Å²) < 4.78 is 50.7. The van der Waals surface area contributed by atoms with Crippen LogP contribution in [-0.2, 0) is 4.79 Å². The molecule has 7 nitrogen and oxygen atoms in total. The molecule has 0 aromatic heterocycles. The summed E-state index contributed by atoms with van der Waals surface area (Å²) in [5.41, 5.74) is 3.59. The first-order chi connectivity index (χ1) is 12.7. The lowest BCUT2D eigenvalue weighted by Crippen LogP contribution is -2.48. The van der Waals surface area contributed by atoms with Crippen molar-refractivity contribution >= 4 is 12.0 Å². The van der Waals surface area contributed by atoms with E-state index in [-0.39, 0.29) is 19.5 Å². The van der Waals surface area contributed by atoms with Gasteiger partial charge in [0.2, 0.25) is 11.8 Å². The summed E-state index contributed by atoms with van der Waals surface area (Å²) in [6.45, 7) is 1.22. The van der Waals surface area contributed by atoms with Crippen LogP contribution in [0, 0.1) is 16.7 Å². The van der Waals surface area contributed by atoms with Crippen LogP contribution in [0.5, 0.6) is 0 Å². The molecule has 1 atom stereocenters. The van der Waals surface area contributed by atoms with E-state index in [9.17, 15) is 27.2 Å². The molecule has 0 aromatic rings. The zero-order chi connectivity index (χ0) is 21.4. The minimum atomic E-state index is -2.97. The Morgan fingerprint density at radius 1 is 1.29 bits per heavy atom. The van der Waals surface area contributed by atoms with Crippen LogP contribution in [0.1, 0.15) is 45.4 Å². The molecule has 11 heteroatoms. The van der Waals surface area contributed by atoms with E-state index in [1.54, 1.807) is 0 Å². The van der Waals surface area contributed by atoms with Crippen molar-refractivity contribution in [2.24, 2.45) is 11.1 Å². The number of alkyl halides is 4. The smallest absolute Gasteiger partial charge is 0.407 e. The molecular formula is C17H24F4N4O3. The molecule has 3 rings (SSSR count). The van der Waals surface area contributed by atoms with Gasteiger partial charge in [-0.25, -0.2) is 22.4 Å². The Kier molecular flexibility index (Phi) is 5.86. The van der Waals surface area contributed by atoms with Crippen LogP contribution in [-0.4, -0.2) is 58.5 Å². The van der Waals surface area contributed by atoms with Crippen LogP contribution in [0.3, 0.4) is 0 Å². The van der Waals surface area contributed by atoms with Crippen LogP contribution < -0.4 is 11.1 Å². The first-order valence-electron chi connectivity index (χ1n) is 8.97. The molecular weight excluding hydrogens is 384 g/mol. The van der Waals surface area contributed by atoms with Gasteiger partial charge in [-0.05, 0) is 32.6 Å². The molecule has 1 heterocycles. The number of halogens is 4. The van der Waals surface area contributed by atoms with Gasteiger partial charge in [-0.1, -0.05) is 0 Å². The molecule has 4 N–H and O–H groups in total. The maximum absolute atomic E-state index is 12.8. The number of carboxylic acid groups (broad SMARTS) is 1. The summed E-state index contributed by atoms with van der Waals surface area (Å²) in [7, 11) is 0. The fourth-order valence-electron chi connectivity index (χ4n) is 3.25. The molecule has 3 aliphatic rings. The predicted molar refractivity (Wildman–Crippen MR) is 89.8 cm³/mol. The van der Waals surface area contributed by atoms with E-state index in [4.69, 9.17) is 16.1 Å². The van der Waals surface area contributed by atoms with E-state index in [1.807, 2.05) is 6.07 Å². The predicted octanol–water partition coefficient (Wildman–Crippen LogP) is 2.32. The van der Waals surface area contributed by atoms with E-state index in [2.05, 4.69) is 5.32 Å². The number of nitrogens with one attached hydrogen (secondary N) is 1. The van der Waals surface area contributed by atoms with Gasteiger partial charge in [0, 0.05) is 31.3 Å². The Bertz CT molecular complexity index is 662. The third-order valence-corrected chi connectivity index (χ3v) is 5.44. The highest BCUT2D eigenvalue weighted by Gasteiger charge is 2.70. The number of piperidine rings is 1. The maximum atomic E-state index is 12.8. The van der Waals surface area contributed by atoms with Crippen molar-refractivity contribution in [2.45, 2.75) is 68.9 Å². The number of nitriles is 1. The molecule has 1 saturated heterocycles. The van der Waals surface area contributed by atoms with E-state index in [0.717, 1.165) is 0 Å². The highest BCUT2D eigenvalue weighted by atomic mass is 19.3. The zero-order valence-corrected chi connectivity index (χ0v) is 15.5. The van der Waals surface area contributed by atoms with Crippen molar-refractivity contribution in [1.29, 1.82) is 5.26 Å². The van der Waals surface area contributed by atoms with Crippen molar-refractivity contribution in [1.82, 2.24) is 10.2 Å². The molecule has 28 heavy (non-hydrogen) atoms. The molecule has 0 aromatic carbocycles. The van der Waals surface area contributed by atoms with Crippen molar-refractivity contribution in [2.75, 3.05) is 13.1 Å². The van der Waals surface area contributed by atoms with Gasteiger partial charge in [0.15, 0.2) is 0 Å². The van der Waals surface area contributed by atoms with Crippen molar-refractivity contribution in [3.63, 3.8) is 0 Å². The zero-order valence-electron chi connectivity index (χ0n) is 15.5. The maximum Gasteiger partial charge on any atom is 0.407 e. The van der Waals surface area contributed by atoms with Crippen LogP contribution in [0.4, 0.5) is 22.4 Å². The van der Waals surface area contributed by atoms with E-state index >= 15 is 0 Å². The van der Waals surface area contributed by atoms with Gasteiger partial charge in [-0.15, -0.1) is 0 Å². The summed E-state index contributed by atoms with van der Waals surface area (Å²) in [5.74, 6) is -6.19. The monoisotopic (exact) mass is 408 g/mol. The standard InChI is InChI=1S/C9H13F2N3O.C8H11F2NO2/c1-8(10,11)4-6(13)7(15)14-9(5-12)2-3-9;9-8(10)5-7(8)1-3-11(4-2-7)6(12)13/h6H,2-4,13H2,1H3,(H,14,15);1-5H2,(H,12,13)/t6-;/m0./s1. The first kappa shape index (κ1) is 22.2. The summed E-state index contributed by atoms with van der Waals surface area (Å²) in [6.07, 6.45) is -0.0136. The van der Waals surface area contributed by atoms with Crippen LogP contribution in [0.25, 0.3) is 0 Å². The number of nitrogens with zero attached hydrogens (tertiary/aromatic N) is 2. The third-order valence-electron chi connectivity index (χ3n) is 5.44. The van der Waals surface area contributed by atoms with Crippen LogP contribution >= 0.6 is 0 Å². The lowest BCUT2D eigenvalue weighted by Gasteiger charge is -2.29. The minimum Gasteiger partial charge on any atom is -0.465 e. The fourth-order valence-corrected chi connectivity index (χ4v) is 3.25. The molecule has 2 amide bonds. The molecule has 0 bridgehead atoms. The van der Waals surface area contributed by atoms with Crippen molar-refractivity contribution in [3.8, 4) is 6.07 Å². The normalized spacial score (nSPS) is 24.2. The van der Waals surface area contributed by atoms with Crippen molar-refractivity contribution in [3.05, 3.63) is 0 Å². The Morgan fingerprint density at radius 3 is 2.11 bits per heavy atom. The van der Waals surface area contributed by atoms with E-state index in [1.165, 1.54) is 4.90 Å². The van der Waals surface area contributed by atoms with Crippen LogP contribution in [0.15, 0.2) is 0 Å². The number of nitrogens with two attached hydrogens (primary N) is 1. The minimum absolute atomic E-state index is 0.0482. The van der Waals surface area contributed by atoms with Gasteiger partial charge in [0.1, 0.15) is 5.54 Å². The summed E-state index contributed by atoms with van der Waals surface area (Å²) >= 11 is 0. The van der Waals surface area contributed by atoms with Gasteiger partial charge >= 0.3 is 6.09 Å². The lowest BCUT2D eigenvalue weighted by atomic mass is 9.93. The molecule has 0 radical (unpaired) electrons. The molecule has 0 unspecified atom stereocenters. The summed E-state index contributed by atoms with van der Waals surface area (Å²) in [4.78, 5) is 23.0. The number of carbonyl (C=O) groups excluding carboxylic acids is 1. The average molecular weight is 408 g/mol. The Balaban J connectivity index is 0.000000202. The van der Waals surface area contributed by atoms with Gasteiger partial charge in [0.05, 0.1) is 12.1 Å². The molecule has 1 spiro atoms. The Labute approximate surface area is 159 Å². The first-order valence-corrected chi connectivity index (χ1v) is 8.97. The second-order valence-electron chi connectivity index (χ2n) is 8.00. The number of hydrogen-bond acceptors (Lipinski definition) is 4. The fraction of sp³-hybridized carbons (Fsp3) is 0.824. The van der Waals surface area contributed by atoms with Gasteiger partial charge in [0.25, 0.3) is 5.92 Å². The molecule has 1 aliphatic heterocycles. The SMILES string of the molecule is CC(F)(F)C[C@H](N)C(=O)NC1(C#N)CC1.O=C(O)N1CCC2(CC1)CC2(F)F. The second kappa shape index (κ2) is 7.39. The Morgan fingerprint density at radius 2 is 1.79 bits per heavy atom. The molecule has 158 valence electrons. The highest BCUT2D eigenvalue weighted by molar-refractivity contribution is 5.83. The number of hydrogen-bond donors (Lipinski definition) is 3. The van der Waals surface area contributed by atoms with E-state index in [0.29, 0.717) is 32.6 Å². The lowest BCUT2D eigenvalue weighted by molar-refractivity contribution is -0.125. The molecule has 2 saturated carbocycles. The number of carbonyl (C=O) groups is 2. The summed E-state index contributed by atoms with van der Waals surface area (Å²) in [6, 6.07) is 0.658. The van der Waals surface area contributed by atoms with Gasteiger partial charge in [-0.3, -0.25) is 4.79 Å². The average Bonchev–Trinajstić information content (AvgIpc) is 3.44. The van der Waals surface area contributed by atoms with Crippen LogP contribution in [0.2, 0.25) is 0 Å². The number of likely N-dealkylation sites (tertiary alicyclic amines) is 1. The quantitative estimate of drug-likeness (QED) is 0.617. The number of amides is 2.